The fourth-order valence-electron chi connectivity index (χ4n) is 6.98. The van der Waals surface area contributed by atoms with Crippen molar-refractivity contribution in [2.24, 2.45) is 0 Å². The van der Waals surface area contributed by atoms with Crippen molar-refractivity contribution in [1.82, 2.24) is 0 Å². The van der Waals surface area contributed by atoms with E-state index in [0.717, 1.165) is 141 Å². The molecule has 0 rings (SSSR count). The van der Waals surface area contributed by atoms with Crippen molar-refractivity contribution in [3.63, 3.8) is 0 Å². The molecule has 0 aromatic carbocycles. The molecule has 0 aromatic rings. The summed E-state index contributed by atoms with van der Waals surface area (Å²) >= 11 is 0. The monoisotopic (exact) mass is 965 g/mol. The van der Waals surface area contributed by atoms with Gasteiger partial charge in [-0.1, -0.05) is 224 Å². The quantitative estimate of drug-likeness (QED) is 0.0262. The molecule has 0 aliphatic rings. The first kappa shape index (κ1) is 65.3. The van der Waals surface area contributed by atoms with Crippen molar-refractivity contribution < 1.29 is 28.6 Å². The molecule has 0 aliphatic heterocycles. The zero-order chi connectivity index (χ0) is 50.7. The van der Waals surface area contributed by atoms with Crippen LogP contribution >= 0.6 is 0 Å². The van der Waals surface area contributed by atoms with Gasteiger partial charge >= 0.3 is 17.9 Å². The molecule has 0 N–H and O–H groups in total. The molecule has 0 bridgehead atoms. The largest absolute Gasteiger partial charge is 0.462 e. The van der Waals surface area contributed by atoms with Crippen molar-refractivity contribution in [3.05, 3.63) is 146 Å². The maximum absolute atomic E-state index is 12.7. The van der Waals surface area contributed by atoms with Gasteiger partial charge in [0.25, 0.3) is 0 Å². The summed E-state index contributed by atoms with van der Waals surface area (Å²) in [5.41, 5.74) is 0. The molecular weight excluding hydrogens is 865 g/mol. The van der Waals surface area contributed by atoms with E-state index in [2.05, 4.69) is 167 Å². The molecular formula is C64H100O6. The third-order valence-corrected chi connectivity index (χ3v) is 11.1. The maximum Gasteiger partial charge on any atom is 0.306 e. The summed E-state index contributed by atoms with van der Waals surface area (Å²) in [5.74, 6) is -0.982. The van der Waals surface area contributed by atoms with E-state index in [1.165, 1.54) is 32.1 Å². The lowest BCUT2D eigenvalue weighted by Crippen LogP contribution is -2.30. The van der Waals surface area contributed by atoms with Gasteiger partial charge < -0.3 is 14.2 Å². The zero-order valence-electron chi connectivity index (χ0n) is 44.7. The lowest BCUT2D eigenvalue weighted by molar-refractivity contribution is -0.167. The molecule has 392 valence electrons. The Hall–Kier alpha value is -4.71. The van der Waals surface area contributed by atoms with E-state index in [0.29, 0.717) is 19.3 Å². The van der Waals surface area contributed by atoms with Gasteiger partial charge in [-0.3, -0.25) is 14.4 Å². The van der Waals surface area contributed by atoms with Gasteiger partial charge in [0, 0.05) is 19.3 Å². The Morgan fingerprint density at radius 1 is 0.300 bits per heavy atom. The first-order chi connectivity index (χ1) is 34.5. The maximum atomic E-state index is 12.7. The zero-order valence-corrected chi connectivity index (χ0v) is 44.7. The molecule has 1 atom stereocenters. The van der Waals surface area contributed by atoms with Gasteiger partial charge in [0.2, 0.25) is 0 Å². The molecule has 0 heterocycles. The van der Waals surface area contributed by atoms with Crippen LogP contribution in [0.3, 0.4) is 0 Å². The summed E-state index contributed by atoms with van der Waals surface area (Å²) in [7, 11) is 0. The van der Waals surface area contributed by atoms with Crippen LogP contribution in [0.15, 0.2) is 146 Å². The third-order valence-electron chi connectivity index (χ3n) is 11.1. The average molecular weight is 965 g/mol. The molecule has 0 aliphatic carbocycles. The molecule has 0 spiro atoms. The fourth-order valence-corrected chi connectivity index (χ4v) is 6.98. The van der Waals surface area contributed by atoms with Crippen LogP contribution in [0.5, 0.6) is 0 Å². The number of ether oxygens (including phenoxy) is 3. The number of rotatable bonds is 48. The standard InChI is InChI=1S/C64H100O6/c1-4-7-10-13-16-18-20-22-24-25-26-27-28-29-30-31-32-33-34-35-36-37-38-39-41-42-44-46-48-51-54-57-63(66)69-60-61(59-68-62(65)56-53-50-15-12-9-6-3)70-64(67)58-55-52-49-47-45-43-40-23-21-19-17-14-11-8-5-2/h7-8,10-11,16-19,22-24,26-27,29-30,32-33,35-36,38-40,45,47,61H,4-6,9,12-15,20-21,25,28,31,34,37,41-44,46,48-60H2,1-3H3/b10-7-,11-8-,18-16-,19-17-,24-22-,27-26-,30-29-,33-32-,36-35-,39-38-,40-23-,47-45-. The highest BCUT2D eigenvalue weighted by Crippen LogP contribution is 2.12. The summed E-state index contributed by atoms with van der Waals surface area (Å²) < 4.78 is 16.7. The minimum Gasteiger partial charge on any atom is -0.462 e. The van der Waals surface area contributed by atoms with E-state index in [-0.39, 0.29) is 37.5 Å². The number of hydrogen-bond acceptors (Lipinski definition) is 6. The van der Waals surface area contributed by atoms with Crippen LogP contribution in [0.2, 0.25) is 0 Å². The second-order valence-electron chi connectivity index (χ2n) is 17.7. The van der Waals surface area contributed by atoms with Crippen molar-refractivity contribution in [2.45, 2.75) is 226 Å². The van der Waals surface area contributed by atoms with Crippen LogP contribution in [-0.2, 0) is 28.6 Å². The Labute approximate surface area is 429 Å². The Bertz CT molecular complexity index is 1580. The summed E-state index contributed by atoms with van der Waals surface area (Å²) in [6.07, 6.45) is 81.6. The molecule has 0 aromatic heterocycles. The van der Waals surface area contributed by atoms with Crippen molar-refractivity contribution in [2.75, 3.05) is 13.2 Å². The normalized spacial score (nSPS) is 13.2. The van der Waals surface area contributed by atoms with Crippen LogP contribution < -0.4 is 0 Å². The average Bonchev–Trinajstić information content (AvgIpc) is 3.36. The van der Waals surface area contributed by atoms with Crippen molar-refractivity contribution in [3.8, 4) is 0 Å². The summed E-state index contributed by atoms with van der Waals surface area (Å²) in [6, 6.07) is 0. The Morgan fingerprint density at radius 2 is 0.557 bits per heavy atom. The predicted molar refractivity (Wildman–Crippen MR) is 302 cm³/mol. The topological polar surface area (TPSA) is 78.9 Å². The predicted octanol–water partition coefficient (Wildman–Crippen LogP) is 18.8. The van der Waals surface area contributed by atoms with E-state index >= 15 is 0 Å². The molecule has 70 heavy (non-hydrogen) atoms. The van der Waals surface area contributed by atoms with E-state index < -0.39 is 6.10 Å². The highest BCUT2D eigenvalue weighted by Gasteiger charge is 2.19. The SMILES string of the molecule is CC/C=C\C/C=C\C/C=C\C/C=C\C/C=C\C/C=C\C/C=C\C/C=C\CCCCCCCCC(=O)OCC(COC(=O)CCCCCCCC)OC(=O)CCCC/C=C\C/C=C\C/C=C\C/C=C\CC. The van der Waals surface area contributed by atoms with Gasteiger partial charge in [-0.25, -0.2) is 0 Å². The third kappa shape index (κ3) is 54.2. The van der Waals surface area contributed by atoms with E-state index in [4.69, 9.17) is 14.2 Å². The smallest absolute Gasteiger partial charge is 0.306 e. The summed E-state index contributed by atoms with van der Waals surface area (Å²) in [6.45, 7) is 6.28. The highest BCUT2D eigenvalue weighted by atomic mass is 16.6. The van der Waals surface area contributed by atoms with Crippen LogP contribution in [0.1, 0.15) is 220 Å². The van der Waals surface area contributed by atoms with Gasteiger partial charge in [-0.2, -0.15) is 0 Å². The second kappa shape index (κ2) is 56.9. The van der Waals surface area contributed by atoms with E-state index in [9.17, 15) is 14.4 Å². The first-order valence-electron chi connectivity index (χ1n) is 27.8. The van der Waals surface area contributed by atoms with Gasteiger partial charge in [-0.15, -0.1) is 0 Å². The number of esters is 3. The minimum absolute atomic E-state index is 0.105. The summed E-state index contributed by atoms with van der Waals surface area (Å²) in [4.78, 5) is 37.8. The molecule has 0 saturated heterocycles. The van der Waals surface area contributed by atoms with Crippen LogP contribution in [0.25, 0.3) is 0 Å². The highest BCUT2D eigenvalue weighted by molar-refractivity contribution is 5.71. The molecule has 0 fully saturated rings. The van der Waals surface area contributed by atoms with Crippen LogP contribution in [0, 0.1) is 0 Å². The summed E-state index contributed by atoms with van der Waals surface area (Å²) in [5, 5.41) is 0. The number of carbonyl (C=O) groups is 3. The Morgan fingerprint density at radius 3 is 0.900 bits per heavy atom. The molecule has 0 saturated carbocycles. The number of carbonyl (C=O) groups excluding carboxylic acids is 3. The fraction of sp³-hybridized carbons (Fsp3) is 0.578. The lowest BCUT2D eigenvalue weighted by Gasteiger charge is -2.18. The van der Waals surface area contributed by atoms with E-state index in [1.807, 2.05) is 0 Å². The molecule has 0 radical (unpaired) electrons. The minimum atomic E-state index is -0.808. The first-order valence-corrected chi connectivity index (χ1v) is 27.8. The van der Waals surface area contributed by atoms with Crippen molar-refractivity contribution in [1.29, 1.82) is 0 Å². The van der Waals surface area contributed by atoms with Crippen molar-refractivity contribution >= 4 is 17.9 Å². The molecule has 6 heteroatoms. The van der Waals surface area contributed by atoms with Crippen LogP contribution in [0.4, 0.5) is 0 Å². The molecule has 1 unspecified atom stereocenters. The second-order valence-corrected chi connectivity index (χ2v) is 17.7. The Kier molecular flexibility index (Phi) is 53.0. The van der Waals surface area contributed by atoms with Gasteiger partial charge in [-0.05, 0) is 122 Å². The Balaban J connectivity index is 4.22. The number of unbranched alkanes of at least 4 members (excludes halogenated alkanes) is 13. The number of hydrogen-bond donors (Lipinski definition) is 0. The molecule has 0 amide bonds. The van der Waals surface area contributed by atoms with E-state index in [1.54, 1.807) is 0 Å². The van der Waals surface area contributed by atoms with Gasteiger partial charge in [0.1, 0.15) is 13.2 Å². The number of allylic oxidation sites excluding steroid dienone is 24. The van der Waals surface area contributed by atoms with Crippen LogP contribution in [-0.4, -0.2) is 37.2 Å². The van der Waals surface area contributed by atoms with Gasteiger partial charge in [0.05, 0.1) is 0 Å². The lowest BCUT2D eigenvalue weighted by atomic mass is 10.1. The molecule has 6 nitrogen and oxygen atoms in total. The van der Waals surface area contributed by atoms with Gasteiger partial charge in [0.15, 0.2) is 6.10 Å².